The Kier molecular flexibility index (Phi) is 5.62. The molecule has 4 nitrogen and oxygen atoms in total. The van der Waals surface area contributed by atoms with Crippen LogP contribution in [0.15, 0.2) is 24.3 Å². The highest BCUT2D eigenvalue weighted by atomic mass is 16.1. The standard InChI is InChI=1S/C17H27N3O/c1-4-9-18-17(21)14-6-5-7-15(12-14)19-16-8-10-20(3)13(2)11-16/h5-7,12-13,16,19H,4,8-11H2,1-3H3,(H,18,21). The number of nitrogens with zero attached hydrogens (tertiary/aromatic N) is 1. The summed E-state index contributed by atoms with van der Waals surface area (Å²) in [7, 11) is 2.18. The molecule has 0 saturated carbocycles. The lowest BCUT2D eigenvalue weighted by atomic mass is 9.98. The number of carbonyl (C=O) groups excluding carboxylic acids is 1. The van der Waals surface area contributed by atoms with E-state index in [-0.39, 0.29) is 5.91 Å². The number of piperidine rings is 1. The average Bonchev–Trinajstić information content (AvgIpc) is 2.49. The van der Waals surface area contributed by atoms with Gasteiger partial charge in [0.15, 0.2) is 0 Å². The SMILES string of the molecule is CCCNC(=O)c1cccc(NC2CCN(C)C(C)C2)c1. The second kappa shape index (κ2) is 7.46. The van der Waals surface area contributed by atoms with E-state index in [9.17, 15) is 4.79 Å². The highest BCUT2D eigenvalue weighted by Crippen LogP contribution is 2.20. The van der Waals surface area contributed by atoms with Crippen molar-refractivity contribution in [1.82, 2.24) is 10.2 Å². The Hall–Kier alpha value is -1.55. The van der Waals surface area contributed by atoms with E-state index in [1.54, 1.807) is 0 Å². The molecule has 1 aliphatic heterocycles. The molecule has 1 amide bonds. The van der Waals surface area contributed by atoms with Gasteiger partial charge in [-0.25, -0.2) is 0 Å². The van der Waals surface area contributed by atoms with Gasteiger partial charge in [0.2, 0.25) is 0 Å². The van der Waals surface area contributed by atoms with Crippen LogP contribution in [0.1, 0.15) is 43.5 Å². The van der Waals surface area contributed by atoms with Crippen LogP contribution in [-0.2, 0) is 0 Å². The van der Waals surface area contributed by atoms with E-state index in [0.717, 1.165) is 43.6 Å². The second-order valence-corrected chi connectivity index (χ2v) is 6.03. The van der Waals surface area contributed by atoms with Crippen LogP contribution in [0.25, 0.3) is 0 Å². The molecule has 4 heteroatoms. The summed E-state index contributed by atoms with van der Waals surface area (Å²) in [6, 6.07) is 8.90. The van der Waals surface area contributed by atoms with E-state index in [2.05, 4.69) is 36.4 Å². The lowest BCUT2D eigenvalue weighted by Crippen LogP contribution is -2.42. The van der Waals surface area contributed by atoms with Gasteiger partial charge in [-0.2, -0.15) is 0 Å². The maximum absolute atomic E-state index is 12.0. The van der Waals surface area contributed by atoms with Gasteiger partial charge in [-0.05, 0) is 51.4 Å². The summed E-state index contributed by atoms with van der Waals surface area (Å²) in [4.78, 5) is 14.4. The number of hydrogen-bond acceptors (Lipinski definition) is 3. The van der Waals surface area contributed by atoms with Gasteiger partial charge in [0, 0.05) is 36.4 Å². The van der Waals surface area contributed by atoms with E-state index < -0.39 is 0 Å². The van der Waals surface area contributed by atoms with Crippen molar-refractivity contribution < 1.29 is 4.79 Å². The predicted molar refractivity (Wildman–Crippen MR) is 87.8 cm³/mol. The van der Waals surface area contributed by atoms with Gasteiger partial charge in [-0.3, -0.25) is 4.79 Å². The number of benzene rings is 1. The minimum absolute atomic E-state index is 0.0113. The summed E-state index contributed by atoms with van der Waals surface area (Å²) in [5.41, 5.74) is 1.77. The fourth-order valence-corrected chi connectivity index (χ4v) is 2.75. The maximum Gasteiger partial charge on any atom is 0.251 e. The minimum Gasteiger partial charge on any atom is -0.382 e. The number of hydrogen-bond donors (Lipinski definition) is 2. The number of anilines is 1. The molecule has 1 saturated heterocycles. The molecule has 0 aliphatic carbocycles. The molecule has 1 aromatic carbocycles. The van der Waals surface area contributed by atoms with Crippen LogP contribution < -0.4 is 10.6 Å². The van der Waals surface area contributed by atoms with Crippen LogP contribution in [0.5, 0.6) is 0 Å². The highest BCUT2D eigenvalue weighted by Gasteiger charge is 2.22. The van der Waals surface area contributed by atoms with Crippen molar-refractivity contribution in [3.63, 3.8) is 0 Å². The molecule has 21 heavy (non-hydrogen) atoms. The highest BCUT2D eigenvalue weighted by molar-refractivity contribution is 5.95. The summed E-state index contributed by atoms with van der Waals surface area (Å²) in [6.07, 6.45) is 3.24. The predicted octanol–water partition coefficient (Wildman–Crippen LogP) is 2.72. The van der Waals surface area contributed by atoms with Gasteiger partial charge in [-0.1, -0.05) is 13.0 Å². The molecule has 0 bridgehead atoms. The Labute approximate surface area is 127 Å². The topological polar surface area (TPSA) is 44.4 Å². The lowest BCUT2D eigenvalue weighted by Gasteiger charge is -2.35. The monoisotopic (exact) mass is 289 g/mol. The van der Waals surface area contributed by atoms with E-state index in [0.29, 0.717) is 12.1 Å². The normalized spacial score (nSPS) is 22.8. The van der Waals surface area contributed by atoms with Crippen LogP contribution in [0.3, 0.4) is 0 Å². The Bertz CT molecular complexity index is 475. The third kappa shape index (κ3) is 4.46. The number of nitrogens with one attached hydrogen (secondary N) is 2. The third-order valence-corrected chi connectivity index (χ3v) is 4.24. The third-order valence-electron chi connectivity index (χ3n) is 4.24. The van der Waals surface area contributed by atoms with Gasteiger partial charge >= 0.3 is 0 Å². The van der Waals surface area contributed by atoms with E-state index in [1.165, 1.54) is 0 Å². The summed E-state index contributed by atoms with van der Waals surface area (Å²) in [5.74, 6) is 0.0113. The molecule has 116 valence electrons. The molecule has 2 rings (SSSR count). The van der Waals surface area contributed by atoms with E-state index in [1.807, 2.05) is 24.3 Å². The first-order valence-electron chi connectivity index (χ1n) is 7.95. The van der Waals surface area contributed by atoms with Crippen molar-refractivity contribution in [2.75, 3.05) is 25.5 Å². The van der Waals surface area contributed by atoms with Crippen molar-refractivity contribution in [2.24, 2.45) is 0 Å². The van der Waals surface area contributed by atoms with Crippen molar-refractivity contribution in [3.8, 4) is 0 Å². The zero-order valence-electron chi connectivity index (χ0n) is 13.4. The molecule has 2 N–H and O–H groups in total. The van der Waals surface area contributed by atoms with Crippen LogP contribution in [0, 0.1) is 0 Å². The molecule has 2 atom stereocenters. The largest absolute Gasteiger partial charge is 0.382 e. The first kappa shape index (κ1) is 15.8. The summed E-state index contributed by atoms with van der Waals surface area (Å²) in [6.45, 7) is 6.17. The molecule has 1 aliphatic rings. The van der Waals surface area contributed by atoms with Gasteiger partial charge in [-0.15, -0.1) is 0 Å². The fourth-order valence-electron chi connectivity index (χ4n) is 2.75. The van der Waals surface area contributed by atoms with Gasteiger partial charge in [0.05, 0.1) is 0 Å². The van der Waals surface area contributed by atoms with Crippen LogP contribution in [-0.4, -0.2) is 43.0 Å². The molecular weight excluding hydrogens is 262 g/mol. The van der Waals surface area contributed by atoms with E-state index >= 15 is 0 Å². The summed E-state index contributed by atoms with van der Waals surface area (Å²) >= 11 is 0. The van der Waals surface area contributed by atoms with Crippen molar-refractivity contribution >= 4 is 11.6 Å². The number of carbonyl (C=O) groups is 1. The average molecular weight is 289 g/mol. The van der Waals surface area contributed by atoms with Crippen LogP contribution in [0.4, 0.5) is 5.69 Å². The number of likely N-dealkylation sites (tertiary alicyclic amines) is 1. The van der Waals surface area contributed by atoms with Gasteiger partial charge in [0.1, 0.15) is 0 Å². The van der Waals surface area contributed by atoms with Crippen LogP contribution >= 0.6 is 0 Å². The van der Waals surface area contributed by atoms with E-state index in [4.69, 9.17) is 0 Å². The Morgan fingerprint density at radius 1 is 1.43 bits per heavy atom. The van der Waals surface area contributed by atoms with Gasteiger partial charge in [0.25, 0.3) is 5.91 Å². The number of rotatable bonds is 5. The lowest BCUT2D eigenvalue weighted by molar-refractivity contribution is 0.0953. The zero-order valence-corrected chi connectivity index (χ0v) is 13.4. The van der Waals surface area contributed by atoms with Gasteiger partial charge < -0.3 is 15.5 Å². The molecule has 1 aromatic rings. The summed E-state index contributed by atoms with van der Waals surface area (Å²) in [5, 5.41) is 6.50. The molecule has 0 spiro atoms. The van der Waals surface area contributed by atoms with Crippen molar-refractivity contribution in [1.29, 1.82) is 0 Å². The fraction of sp³-hybridized carbons (Fsp3) is 0.588. The summed E-state index contributed by atoms with van der Waals surface area (Å²) < 4.78 is 0. The first-order chi connectivity index (χ1) is 10.1. The van der Waals surface area contributed by atoms with Crippen LogP contribution in [0.2, 0.25) is 0 Å². The quantitative estimate of drug-likeness (QED) is 0.876. The molecular formula is C17H27N3O. The Morgan fingerprint density at radius 3 is 2.95 bits per heavy atom. The molecule has 0 aromatic heterocycles. The molecule has 1 fully saturated rings. The molecule has 1 heterocycles. The Morgan fingerprint density at radius 2 is 2.24 bits per heavy atom. The van der Waals surface area contributed by atoms with Crippen molar-refractivity contribution in [3.05, 3.63) is 29.8 Å². The smallest absolute Gasteiger partial charge is 0.251 e. The second-order valence-electron chi connectivity index (χ2n) is 6.03. The number of amides is 1. The Balaban J connectivity index is 1.96. The maximum atomic E-state index is 12.0. The molecule has 0 radical (unpaired) electrons. The minimum atomic E-state index is 0.0113. The first-order valence-corrected chi connectivity index (χ1v) is 7.95. The molecule has 2 unspecified atom stereocenters. The van der Waals surface area contributed by atoms with Crippen molar-refractivity contribution in [2.45, 2.75) is 45.2 Å². The zero-order chi connectivity index (χ0) is 15.2.